The third kappa shape index (κ3) is 3.90. The van der Waals surface area contributed by atoms with E-state index in [1.807, 2.05) is 0 Å². The van der Waals surface area contributed by atoms with Crippen molar-refractivity contribution in [2.75, 3.05) is 11.4 Å². The van der Waals surface area contributed by atoms with Gasteiger partial charge >= 0.3 is 0 Å². The minimum atomic E-state index is -0.357. The van der Waals surface area contributed by atoms with E-state index in [9.17, 15) is 9.59 Å². The van der Waals surface area contributed by atoms with Crippen LogP contribution < -0.4 is 15.0 Å². The molecule has 36 heavy (non-hydrogen) atoms. The summed E-state index contributed by atoms with van der Waals surface area (Å²) < 4.78 is 6.29. The number of amides is 1. The summed E-state index contributed by atoms with van der Waals surface area (Å²) in [6.45, 7) is 9.04. The molecule has 3 atom stereocenters. The molecular weight excluding hydrogens is 478 g/mol. The monoisotopic (exact) mass is 507 g/mol. The number of hydrogen-bond donors (Lipinski definition) is 1. The van der Waals surface area contributed by atoms with E-state index < -0.39 is 0 Å². The molecule has 3 fully saturated rings. The second-order valence-electron chi connectivity index (χ2n) is 11.4. The molecule has 3 aliphatic rings. The van der Waals surface area contributed by atoms with Gasteiger partial charge < -0.3 is 19.7 Å². The molecule has 2 saturated carbocycles. The highest BCUT2D eigenvalue weighted by molar-refractivity contribution is 6.31. The minimum Gasteiger partial charge on any atom is -0.489 e. The predicted molar refractivity (Wildman–Crippen MR) is 135 cm³/mol. The Kier molecular flexibility index (Phi) is 5.95. The van der Waals surface area contributed by atoms with Gasteiger partial charge in [0.2, 0.25) is 5.95 Å². The van der Waals surface area contributed by atoms with E-state index in [0.29, 0.717) is 39.8 Å². The second kappa shape index (κ2) is 8.74. The number of anilines is 1. The fraction of sp³-hybridized carbons (Fsp3) is 0.519. The molecule has 2 heterocycles. The zero-order valence-electron chi connectivity index (χ0n) is 20.9. The lowest BCUT2D eigenvalue weighted by Gasteiger charge is -2.63. The Morgan fingerprint density at radius 2 is 1.92 bits per heavy atom. The Morgan fingerprint density at radius 1 is 1.22 bits per heavy atom. The number of nitrogens with zero attached hydrogens (tertiary/aromatic N) is 4. The fourth-order valence-electron chi connectivity index (χ4n) is 6.80. The normalized spacial score (nSPS) is 29.2. The number of rotatable bonds is 6. The van der Waals surface area contributed by atoms with Crippen molar-refractivity contribution in [1.29, 1.82) is 5.26 Å². The molecule has 0 spiro atoms. The molecule has 2 bridgehead atoms. The average molecular weight is 508 g/mol. The van der Waals surface area contributed by atoms with Crippen LogP contribution in [0, 0.1) is 34.0 Å². The topological polar surface area (TPSA) is 108 Å². The number of carbonyl (C=O) groups is 2. The van der Waals surface area contributed by atoms with Crippen LogP contribution in [0.2, 0.25) is 5.02 Å². The molecule has 5 rings (SSSR count). The molecular formula is C27H30ClN5O3. The standard InChI is InChI=1S/C27H30ClN5O3/c1-26(2)23(27(3,4)24(26)36-20-6-5-15(10-29)21(28)9-20)32-22(35)18-11-30-25(31-12-18)33-13-16-7-19(33)8-17(16)14-34/h5-6,9,11-12,14,16-17,19,23-24H,7-8,13H2,1-4H3,(H,32,35)/t16-,17+,19-,23-,24-/m1/s1. The molecule has 0 unspecified atom stereocenters. The van der Waals surface area contributed by atoms with Gasteiger partial charge in [-0.25, -0.2) is 9.97 Å². The summed E-state index contributed by atoms with van der Waals surface area (Å²) in [5.41, 5.74) is 0.0923. The summed E-state index contributed by atoms with van der Waals surface area (Å²) in [6, 6.07) is 7.24. The van der Waals surface area contributed by atoms with Crippen LogP contribution in [-0.4, -0.2) is 46.9 Å². The first kappa shape index (κ1) is 24.5. The summed E-state index contributed by atoms with van der Waals surface area (Å²) in [4.78, 5) is 35.4. The van der Waals surface area contributed by atoms with Crippen LogP contribution in [0.1, 0.15) is 56.5 Å². The Bertz CT molecular complexity index is 1220. The van der Waals surface area contributed by atoms with Gasteiger partial charge in [-0.05, 0) is 30.9 Å². The lowest BCUT2D eigenvalue weighted by atomic mass is 9.49. The van der Waals surface area contributed by atoms with Crippen molar-refractivity contribution in [3.05, 3.63) is 46.7 Å². The molecule has 1 saturated heterocycles. The van der Waals surface area contributed by atoms with Gasteiger partial charge in [0.25, 0.3) is 5.91 Å². The highest BCUT2D eigenvalue weighted by atomic mass is 35.5. The zero-order chi connectivity index (χ0) is 25.8. The number of nitriles is 1. The third-order valence-corrected chi connectivity index (χ3v) is 8.67. The minimum absolute atomic E-state index is 0.146. The zero-order valence-corrected chi connectivity index (χ0v) is 21.6. The number of benzene rings is 1. The smallest absolute Gasteiger partial charge is 0.254 e. The summed E-state index contributed by atoms with van der Waals surface area (Å²) in [5, 5.41) is 12.6. The SMILES string of the molecule is CC1(C)[C@H](NC(=O)c2cnc(N3C[C@H]4C[C@@H]3C[C@H]4C=O)nc2)C(C)(C)[C@H]1Oc1ccc(C#N)c(Cl)c1. The van der Waals surface area contributed by atoms with Crippen LogP contribution in [0.15, 0.2) is 30.6 Å². The Hall–Kier alpha value is -3.18. The lowest BCUT2D eigenvalue weighted by Crippen LogP contribution is -2.74. The maximum Gasteiger partial charge on any atom is 0.254 e. The van der Waals surface area contributed by atoms with Crippen molar-refractivity contribution >= 4 is 29.7 Å². The van der Waals surface area contributed by atoms with E-state index in [-0.39, 0.29) is 34.8 Å². The van der Waals surface area contributed by atoms with Gasteiger partial charge in [-0.15, -0.1) is 0 Å². The van der Waals surface area contributed by atoms with Gasteiger partial charge in [-0.1, -0.05) is 39.3 Å². The maximum atomic E-state index is 13.1. The van der Waals surface area contributed by atoms with E-state index >= 15 is 0 Å². The number of ether oxygens (including phenoxy) is 1. The number of carbonyl (C=O) groups excluding carboxylic acids is 2. The van der Waals surface area contributed by atoms with E-state index in [1.165, 1.54) is 0 Å². The summed E-state index contributed by atoms with van der Waals surface area (Å²) in [5.74, 6) is 1.50. The number of halogens is 1. The Balaban J connectivity index is 1.24. The lowest BCUT2D eigenvalue weighted by molar-refractivity contribution is -0.164. The van der Waals surface area contributed by atoms with Crippen molar-refractivity contribution in [1.82, 2.24) is 15.3 Å². The van der Waals surface area contributed by atoms with Crippen LogP contribution in [0.3, 0.4) is 0 Å². The van der Waals surface area contributed by atoms with Crippen LogP contribution in [0.5, 0.6) is 5.75 Å². The summed E-state index contributed by atoms with van der Waals surface area (Å²) in [7, 11) is 0. The van der Waals surface area contributed by atoms with Crippen LogP contribution in [0.4, 0.5) is 5.95 Å². The van der Waals surface area contributed by atoms with Gasteiger partial charge in [0.05, 0.1) is 16.1 Å². The van der Waals surface area contributed by atoms with Crippen LogP contribution >= 0.6 is 11.6 Å². The molecule has 9 heteroatoms. The van der Waals surface area contributed by atoms with Gasteiger partial charge in [0.15, 0.2) is 0 Å². The molecule has 188 valence electrons. The molecule has 2 aliphatic carbocycles. The Labute approximate surface area is 216 Å². The molecule has 2 aromatic rings. The van der Waals surface area contributed by atoms with Crippen molar-refractivity contribution in [2.45, 2.75) is 58.7 Å². The number of hydrogen-bond acceptors (Lipinski definition) is 7. The molecule has 1 aliphatic heterocycles. The van der Waals surface area contributed by atoms with Gasteiger partial charge in [-0.2, -0.15) is 5.26 Å². The quantitative estimate of drug-likeness (QED) is 0.588. The summed E-state index contributed by atoms with van der Waals surface area (Å²) in [6.07, 6.45) is 5.90. The van der Waals surface area contributed by atoms with Crippen molar-refractivity contribution < 1.29 is 14.3 Å². The molecule has 1 aromatic heterocycles. The highest BCUT2D eigenvalue weighted by Gasteiger charge is 2.64. The fourth-order valence-corrected chi connectivity index (χ4v) is 7.01. The maximum absolute atomic E-state index is 13.1. The van der Waals surface area contributed by atoms with Crippen molar-refractivity contribution in [2.24, 2.45) is 22.7 Å². The van der Waals surface area contributed by atoms with E-state index in [4.69, 9.17) is 21.6 Å². The molecule has 1 aromatic carbocycles. The largest absolute Gasteiger partial charge is 0.489 e. The first-order chi connectivity index (χ1) is 17.1. The first-order valence-corrected chi connectivity index (χ1v) is 12.6. The number of fused-ring (bicyclic) bond motifs is 2. The van der Waals surface area contributed by atoms with E-state index in [1.54, 1.807) is 30.6 Å². The van der Waals surface area contributed by atoms with Gasteiger partial charge in [0, 0.05) is 53.8 Å². The van der Waals surface area contributed by atoms with E-state index in [2.05, 4.69) is 53.9 Å². The van der Waals surface area contributed by atoms with E-state index in [0.717, 1.165) is 25.7 Å². The van der Waals surface area contributed by atoms with Crippen molar-refractivity contribution in [3.8, 4) is 11.8 Å². The molecule has 0 radical (unpaired) electrons. The predicted octanol–water partition coefficient (Wildman–Crippen LogP) is 4.03. The second-order valence-corrected chi connectivity index (χ2v) is 11.8. The number of nitrogens with one attached hydrogen (secondary N) is 1. The van der Waals surface area contributed by atoms with Crippen molar-refractivity contribution in [3.63, 3.8) is 0 Å². The third-order valence-electron chi connectivity index (χ3n) is 8.36. The number of aldehydes is 1. The molecule has 8 nitrogen and oxygen atoms in total. The number of aromatic nitrogens is 2. The first-order valence-electron chi connectivity index (χ1n) is 12.3. The Morgan fingerprint density at radius 3 is 2.47 bits per heavy atom. The van der Waals surface area contributed by atoms with Gasteiger partial charge in [0.1, 0.15) is 24.2 Å². The van der Waals surface area contributed by atoms with Crippen LogP contribution in [0.25, 0.3) is 0 Å². The van der Waals surface area contributed by atoms with Gasteiger partial charge in [-0.3, -0.25) is 4.79 Å². The van der Waals surface area contributed by atoms with Crippen LogP contribution in [-0.2, 0) is 4.79 Å². The summed E-state index contributed by atoms with van der Waals surface area (Å²) >= 11 is 6.18. The average Bonchev–Trinajstić information content (AvgIpc) is 3.46. The molecule has 1 amide bonds. The highest BCUT2D eigenvalue weighted by Crippen LogP contribution is 2.55. The number of piperidine rings is 1. The molecule has 1 N–H and O–H groups in total.